The molecule has 2 aliphatic carbocycles. The number of carbonyl (C=O) groups excluding carboxylic acids is 1. The highest BCUT2D eigenvalue weighted by molar-refractivity contribution is 6.10. The number of hydrogen-bond donors (Lipinski definition) is 1. The first-order valence-corrected chi connectivity index (χ1v) is 10.3. The summed E-state index contributed by atoms with van der Waals surface area (Å²) in [6, 6.07) is 4.01. The van der Waals surface area contributed by atoms with E-state index in [9.17, 15) is 4.79 Å². The van der Waals surface area contributed by atoms with Crippen LogP contribution in [0.15, 0.2) is 29.1 Å². The monoisotopic (exact) mass is 407 g/mol. The summed E-state index contributed by atoms with van der Waals surface area (Å²) >= 11 is 0. The molecule has 30 heavy (non-hydrogen) atoms. The van der Waals surface area contributed by atoms with Crippen molar-refractivity contribution >= 4 is 22.8 Å². The van der Waals surface area contributed by atoms with Crippen LogP contribution >= 0.6 is 0 Å². The summed E-state index contributed by atoms with van der Waals surface area (Å²) in [7, 11) is 1.59. The van der Waals surface area contributed by atoms with E-state index in [1.165, 1.54) is 6.33 Å². The molecule has 8 nitrogen and oxygen atoms in total. The molecule has 3 aromatic rings. The molecule has 156 valence electrons. The van der Waals surface area contributed by atoms with Crippen LogP contribution < -0.4 is 10.1 Å². The molecule has 1 N–H and O–H groups in total. The van der Waals surface area contributed by atoms with Gasteiger partial charge in [-0.3, -0.25) is 4.79 Å². The Morgan fingerprint density at radius 2 is 2.13 bits per heavy atom. The molecule has 1 amide bonds. The maximum atomic E-state index is 13.8. The Hall–Kier alpha value is -3.16. The van der Waals surface area contributed by atoms with E-state index in [0.717, 1.165) is 31.2 Å². The number of aromatic nitrogens is 3. The summed E-state index contributed by atoms with van der Waals surface area (Å²) in [5.41, 5.74) is 1.99. The first kappa shape index (κ1) is 18.8. The Bertz CT molecular complexity index is 1120. The second-order valence-corrected chi connectivity index (χ2v) is 8.49. The molecule has 0 unspecified atom stereocenters. The first-order valence-electron chi connectivity index (χ1n) is 10.3. The number of nitrogens with zero attached hydrogens (tertiary/aromatic N) is 4. The second-order valence-electron chi connectivity index (χ2n) is 8.49. The van der Waals surface area contributed by atoms with Crippen LogP contribution in [0, 0.1) is 6.92 Å². The number of fused-ring (bicyclic) bond motifs is 1. The van der Waals surface area contributed by atoms with Crippen molar-refractivity contribution in [1.82, 2.24) is 19.9 Å². The molecule has 2 saturated carbocycles. The molecule has 0 bridgehead atoms. The van der Waals surface area contributed by atoms with Crippen molar-refractivity contribution in [2.75, 3.05) is 12.4 Å². The van der Waals surface area contributed by atoms with E-state index in [1.807, 2.05) is 24.0 Å². The molecule has 5 rings (SSSR count). The lowest BCUT2D eigenvalue weighted by molar-refractivity contribution is 0.0729. The smallest absolute Gasteiger partial charge is 0.258 e. The topological polar surface area (TPSA) is 93.4 Å². The molecule has 0 spiro atoms. The number of carbonyl (C=O) groups is 1. The predicted molar refractivity (Wildman–Crippen MR) is 111 cm³/mol. The van der Waals surface area contributed by atoms with Gasteiger partial charge in [-0.2, -0.15) is 0 Å². The fourth-order valence-corrected chi connectivity index (χ4v) is 3.75. The Balaban J connectivity index is 1.52. The molecule has 0 atom stereocenters. The quantitative estimate of drug-likeness (QED) is 0.638. The molecule has 2 aliphatic rings. The van der Waals surface area contributed by atoms with Crippen LogP contribution in [-0.4, -0.2) is 44.4 Å². The minimum atomic E-state index is -0.0525. The van der Waals surface area contributed by atoms with Gasteiger partial charge < -0.3 is 19.4 Å². The third-order valence-corrected chi connectivity index (χ3v) is 5.91. The normalized spacial score (nSPS) is 17.0. The van der Waals surface area contributed by atoms with Crippen molar-refractivity contribution in [2.24, 2.45) is 0 Å². The average Bonchev–Trinajstić information content (AvgIpc) is 3.66. The first-order chi connectivity index (χ1) is 14.5. The van der Waals surface area contributed by atoms with Gasteiger partial charge in [0.2, 0.25) is 11.6 Å². The van der Waals surface area contributed by atoms with Gasteiger partial charge in [0.05, 0.1) is 18.1 Å². The van der Waals surface area contributed by atoms with Gasteiger partial charge >= 0.3 is 0 Å². The van der Waals surface area contributed by atoms with Gasteiger partial charge in [0, 0.05) is 30.4 Å². The molecular formula is C22H25N5O3. The maximum Gasteiger partial charge on any atom is 0.258 e. The molecule has 0 radical (unpaired) electrons. The summed E-state index contributed by atoms with van der Waals surface area (Å²) in [6.07, 6.45) is 7.35. The van der Waals surface area contributed by atoms with Crippen LogP contribution in [0.25, 0.3) is 11.1 Å². The van der Waals surface area contributed by atoms with Crippen molar-refractivity contribution in [2.45, 2.75) is 57.7 Å². The van der Waals surface area contributed by atoms with Crippen LogP contribution in [0.1, 0.15) is 54.3 Å². The van der Waals surface area contributed by atoms with Gasteiger partial charge in [-0.25, -0.2) is 15.0 Å². The fraction of sp³-hybridized carbons (Fsp3) is 0.455. The highest BCUT2D eigenvalue weighted by Crippen LogP contribution is 2.41. The van der Waals surface area contributed by atoms with E-state index >= 15 is 0 Å². The van der Waals surface area contributed by atoms with E-state index in [2.05, 4.69) is 27.2 Å². The summed E-state index contributed by atoms with van der Waals surface area (Å²) < 4.78 is 11.1. The Labute approximate surface area is 174 Å². The van der Waals surface area contributed by atoms with Gasteiger partial charge in [0.15, 0.2) is 0 Å². The van der Waals surface area contributed by atoms with Gasteiger partial charge in [0.1, 0.15) is 17.9 Å². The zero-order valence-electron chi connectivity index (χ0n) is 17.4. The largest absolute Gasteiger partial charge is 0.481 e. The summed E-state index contributed by atoms with van der Waals surface area (Å²) in [5.74, 6) is 1.72. The molecule has 3 heterocycles. The van der Waals surface area contributed by atoms with E-state index in [-0.39, 0.29) is 17.5 Å². The van der Waals surface area contributed by atoms with Crippen molar-refractivity contribution < 1.29 is 13.9 Å². The average molecular weight is 407 g/mol. The highest BCUT2D eigenvalue weighted by Gasteiger charge is 2.40. The SMILES string of the molecule is COc1cc(CN(C(=O)c2c(C)oc3ncnc(NC4(C)CC4)c23)C2CC2)ccn1. The number of rotatable bonds is 7. The Morgan fingerprint density at radius 3 is 2.83 bits per heavy atom. The number of nitrogens with one attached hydrogen (secondary N) is 1. The molecule has 0 saturated heterocycles. The number of amides is 1. The van der Waals surface area contributed by atoms with E-state index < -0.39 is 0 Å². The number of furan rings is 1. The number of aryl methyl sites for hydroxylation is 1. The van der Waals surface area contributed by atoms with E-state index in [0.29, 0.717) is 40.7 Å². The summed E-state index contributed by atoms with van der Waals surface area (Å²) in [5, 5.41) is 4.16. The molecular weight excluding hydrogens is 382 g/mol. The van der Waals surface area contributed by atoms with Gasteiger partial charge in [0.25, 0.3) is 5.91 Å². The van der Waals surface area contributed by atoms with Crippen LogP contribution in [0.4, 0.5) is 5.82 Å². The second kappa shape index (κ2) is 6.97. The molecule has 8 heteroatoms. The zero-order valence-corrected chi connectivity index (χ0v) is 17.4. The lowest BCUT2D eigenvalue weighted by Gasteiger charge is -2.23. The highest BCUT2D eigenvalue weighted by atomic mass is 16.5. The van der Waals surface area contributed by atoms with Crippen molar-refractivity contribution in [3.05, 3.63) is 41.5 Å². The number of anilines is 1. The number of hydrogen-bond acceptors (Lipinski definition) is 7. The van der Waals surface area contributed by atoms with Crippen molar-refractivity contribution in [3.8, 4) is 5.88 Å². The van der Waals surface area contributed by atoms with Gasteiger partial charge in [-0.05, 0) is 51.2 Å². The fourth-order valence-electron chi connectivity index (χ4n) is 3.75. The minimum absolute atomic E-state index is 0.0244. The number of pyridine rings is 1. The summed E-state index contributed by atoms with van der Waals surface area (Å²) in [4.78, 5) is 28.5. The zero-order chi connectivity index (χ0) is 20.9. The number of methoxy groups -OCH3 is 1. The molecule has 2 fully saturated rings. The lowest BCUT2D eigenvalue weighted by Crippen LogP contribution is -2.33. The minimum Gasteiger partial charge on any atom is -0.481 e. The summed E-state index contributed by atoms with van der Waals surface area (Å²) in [6.45, 7) is 4.46. The van der Waals surface area contributed by atoms with E-state index in [1.54, 1.807) is 13.3 Å². The molecule has 0 aromatic carbocycles. The van der Waals surface area contributed by atoms with Crippen molar-refractivity contribution in [1.29, 1.82) is 0 Å². The Morgan fingerprint density at radius 1 is 1.33 bits per heavy atom. The maximum absolute atomic E-state index is 13.8. The Kier molecular flexibility index (Phi) is 4.38. The predicted octanol–water partition coefficient (Wildman–Crippen LogP) is 3.70. The lowest BCUT2D eigenvalue weighted by atomic mass is 10.1. The van der Waals surface area contributed by atoms with Crippen LogP contribution in [0.5, 0.6) is 5.88 Å². The third-order valence-electron chi connectivity index (χ3n) is 5.91. The third kappa shape index (κ3) is 3.46. The van der Waals surface area contributed by atoms with Crippen LogP contribution in [0.3, 0.4) is 0 Å². The molecule has 3 aromatic heterocycles. The van der Waals surface area contributed by atoms with Crippen molar-refractivity contribution in [3.63, 3.8) is 0 Å². The van der Waals surface area contributed by atoms with Gasteiger partial charge in [-0.15, -0.1) is 0 Å². The van der Waals surface area contributed by atoms with Crippen LogP contribution in [0.2, 0.25) is 0 Å². The molecule has 0 aliphatic heterocycles. The standard InChI is InChI=1S/C22H25N5O3/c1-13-17(18-19(26-22(2)7-8-22)24-12-25-20(18)30-13)21(28)27(15-4-5-15)11-14-6-9-23-16(10-14)29-3/h6,9-10,12,15H,4-5,7-8,11H2,1-3H3,(H,24,25,26). The van der Waals surface area contributed by atoms with E-state index in [4.69, 9.17) is 9.15 Å². The van der Waals surface area contributed by atoms with Crippen LogP contribution in [-0.2, 0) is 6.54 Å². The van der Waals surface area contributed by atoms with Gasteiger partial charge in [-0.1, -0.05) is 0 Å². The number of ether oxygens (including phenoxy) is 1.